The Morgan fingerprint density at radius 3 is 2.10 bits per heavy atom. The third-order valence-corrected chi connectivity index (χ3v) is 5.27. The third kappa shape index (κ3) is 2.81. The van der Waals surface area contributed by atoms with Crippen molar-refractivity contribution in [1.29, 1.82) is 0 Å². The molecule has 21 heavy (non-hydrogen) atoms. The average molecular weight is 298 g/mol. The van der Waals surface area contributed by atoms with E-state index in [9.17, 15) is 13.2 Å². The Kier molecular flexibility index (Phi) is 3.74. The van der Waals surface area contributed by atoms with Gasteiger partial charge in [0.1, 0.15) is 0 Å². The van der Waals surface area contributed by atoms with Gasteiger partial charge in [-0.05, 0) is 56.3 Å². The normalized spacial score (nSPS) is 31.4. The first kappa shape index (κ1) is 14.9. The number of hydrogen-bond donors (Lipinski definition) is 1. The van der Waals surface area contributed by atoms with Crippen LogP contribution < -0.4 is 5.73 Å². The van der Waals surface area contributed by atoms with Crippen LogP contribution in [0.25, 0.3) is 0 Å². The lowest BCUT2D eigenvalue weighted by Gasteiger charge is -2.39. The van der Waals surface area contributed by atoms with Crippen LogP contribution in [-0.2, 0) is 6.18 Å². The standard InChI is InChI=1S/C16H21F3N2/c1-21-13-6-7-14(21)9-11(8-13)15(20)10-2-4-12(5-3-10)16(17,18)19/h2-5,11,13-15H,6-9,20H2,1H3. The van der Waals surface area contributed by atoms with Crippen LogP contribution in [0, 0.1) is 5.92 Å². The van der Waals surface area contributed by atoms with Gasteiger partial charge in [-0.2, -0.15) is 13.2 Å². The Morgan fingerprint density at radius 2 is 1.62 bits per heavy atom. The molecule has 3 rings (SSSR count). The van der Waals surface area contributed by atoms with Crippen molar-refractivity contribution in [3.63, 3.8) is 0 Å². The van der Waals surface area contributed by atoms with E-state index in [0.717, 1.165) is 30.5 Å². The fraction of sp³-hybridized carbons (Fsp3) is 0.625. The highest BCUT2D eigenvalue weighted by Crippen LogP contribution is 2.42. The molecule has 1 aromatic rings. The van der Waals surface area contributed by atoms with Crippen LogP contribution in [0.5, 0.6) is 0 Å². The smallest absolute Gasteiger partial charge is 0.324 e. The first-order valence-corrected chi connectivity index (χ1v) is 7.51. The monoisotopic (exact) mass is 298 g/mol. The van der Waals surface area contributed by atoms with Crippen LogP contribution in [0.4, 0.5) is 13.2 Å². The van der Waals surface area contributed by atoms with Crippen LogP contribution in [0.15, 0.2) is 24.3 Å². The lowest BCUT2D eigenvalue weighted by molar-refractivity contribution is -0.137. The molecular weight excluding hydrogens is 277 g/mol. The lowest BCUT2D eigenvalue weighted by Crippen LogP contribution is -2.42. The molecule has 5 heteroatoms. The molecule has 2 nitrogen and oxygen atoms in total. The highest BCUT2D eigenvalue weighted by molar-refractivity contribution is 5.27. The molecule has 116 valence electrons. The molecule has 1 aromatic carbocycles. The van der Waals surface area contributed by atoms with Crippen molar-refractivity contribution in [2.45, 2.75) is 50.0 Å². The van der Waals surface area contributed by atoms with E-state index in [2.05, 4.69) is 11.9 Å². The predicted octanol–water partition coefficient (Wildman–Crippen LogP) is 3.58. The van der Waals surface area contributed by atoms with E-state index in [0.29, 0.717) is 18.0 Å². The Labute approximate surface area is 123 Å². The number of halogens is 3. The van der Waals surface area contributed by atoms with E-state index >= 15 is 0 Å². The Morgan fingerprint density at radius 1 is 1.10 bits per heavy atom. The van der Waals surface area contributed by atoms with Gasteiger partial charge in [-0.25, -0.2) is 0 Å². The van der Waals surface area contributed by atoms with Crippen molar-refractivity contribution in [2.75, 3.05) is 7.05 Å². The van der Waals surface area contributed by atoms with Crippen molar-refractivity contribution < 1.29 is 13.2 Å². The Bertz CT molecular complexity index is 483. The number of rotatable bonds is 2. The van der Waals surface area contributed by atoms with Crippen molar-refractivity contribution in [2.24, 2.45) is 11.7 Å². The number of fused-ring (bicyclic) bond motifs is 2. The average Bonchev–Trinajstić information content (AvgIpc) is 2.66. The zero-order valence-corrected chi connectivity index (χ0v) is 12.1. The Balaban J connectivity index is 1.72. The number of nitrogens with two attached hydrogens (primary N) is 1. The first-order chi connectivity index (χ1) is 9.86. The number of piperidine rings is 1. The van der Waals surface area contributed by atoms with E-state index in [1.165, 1.54) is 25.0 Å². The van der Waals surface area contributed by atoms with E-state index in [1.54, 1.807) is 0 Å². The van der Waals surface area contributed by atoms with Crippen LogP contribution in [0.1, 0.15) is 42.9 Å². The molecule has 0 spiro atoms. The Hall–Kier alpha value is -1.07. The zero-order chi connectivity index (χ0) is 15.2. The molecule has 2 aliphatic heterocycles. The number of nitrogens with zero attached hydrogens (tertiary/aromatic N) is 1. The lowest BCUT2D eigenvalue weighted by atomic mass is 9.82. The summed E-state index contributed by atoms with van der Waals surface area (Å²) in [5.74, 6) is 0.371. The van der Waals surface area contributed by atoms with Gasteiger partial charge in [-0.15, -0.1) is 0 Å². The second-order valence-corrected chi connectivity index (χ2v) is 6.43. The number of alkyl halides is 3. The molecule has 2 N–H and O–H groups in total. The number of benzene rings is 1. The topological polar surface area (TPSA) is 29.3 Å². The SMILES string of the molecule is CN1C2CCC1CC(C(N)c1ccc(C(F)(F)F)cc1)C2. The molecule has 3 unspecified atom stereocenters. The van der Waals surface area contributed by atoms with Crippen LogP contribution in [0.2, 0.25) is 0 Å². The predicted molar refractivity (Wildman–Crippen MR) is 75.7 cm³/mol. The summed E-state index contributed by atoms with van der Waals surface area (Å²) in [6, 6.07) is 6.37. The quantitative estimate of drug-likeness (QED) is 0.904. The molecule has 2 saturated heterocycles. The second-order valence-electron chi connectivity index (χ2n) is 6.43. The molecule has 2 fully saturated rings. The highest BCUT2D eigenvalue weighted by Gasteiger charge is 2.40. The first-order valence-electron chi connectivity index (χ1n) is 7.51. The minimum atomic E-state index is -4.28. The van der Waals surface area contributed by atoms with Gasteiger partial charge in [0.05, 0.1) is 5.56 Å². The minimum Gasteiger partial charge on any atom is -0.324 e. The van der Waals surface area contributed by atoms with Gasteiger partial charge in [-0.3, -0.25) is 0 Å². The van der Waals surface area contributed by atoms with E-state index < -0.39 is 11.7 Å². The van der Waals surface area contributed by atoms with Crippen LogP contribution in [-0.4, -0.2) is 24.0 Å². The summed E-state index contributed by atoms with van der Waals surface area (Å²) in [5, 5.41) is 0. The van der Waals surface area contributed by atoms with Gasteiger partial charge in [0.2, 0.25) is 0 Å². The third-order valence-electron chi connectivity index (χ3n) is 5.27. The molecule has 3 atom stereocenters. The summed E-state index contributed by atoms with van der Waals surface area (Å²) in [7, 11) is 2.17. The zero-order valence-electron chi connectivity index (χ0n) is 12.1. The van der Waals surface area contributed by atoms with E-state index in [4.69, 9.17) is 5.73 Å². The molecule has 0 amide bonds. The molecule has 0 aromatic heterocycles. The van der Waals surface area contributed by atoms with Gasteiger partial charge in [0, 0.05) is 18.1 Å². The van der Waals surface area contributed by atoms with E-state index in [1.807, 2.05) is 0 Å². The molecule has 0 radical (unpaired) electrons. The molecule has 0 saturated carbocycles. The van der Waals surface area contributed by atoms with Gasteiger partial charge >= 0.3 is 6.18 Å². The maximum absolute atomic E-state index is 12.6. The molecule has 2 aliphatic rings. The molecule has 0 aliphatic carbocycles. The summed E-state index contributed by atoms with van der Waals surface area (Å²) in [6.07, 6.45) is 0.258. The maximum Gasteiger partial charge on any atom is 0.416 e. The molecular formula is C16H21F3N2. The largest absolute Gasteiger partial charge is 0.416 e. The van der Waals surface area contributed by atoms with Crippen molar-refractivity contribution in [3.05, 3.63) is 35.4 Å². The maximum atomic E-state index is 12.6. The van der Waals surface area contributed by atoms with Gasteiger partial charge in [0.15, 0.2) is 0 Å². The highest BCUT2D eigenvalue weighted by atomic mass is 19.4. The summed E-state index contributed by atoms with van der Waals surface area (Å²) in [4.78, 5) is 2.44. The molecule has 2 bridgehead atoms. The summed E-state index contributed by atoms with van der Waals surface area (Å²) in [6.45, 7) is 0. The van der Waals surface area contributed by atoms with Crippen LogP contribution in [0.3, 0.4) is 0 Å². The van der Waals surface area contributed by atoms with Crippen molar-refractivity contribution >= 4 is 0 Å². The van der Waals surface area contributed by atoms with Gasteiger partial charge in [-0.1, -0.05) is 12.1 Å². The fourth-order valence-electron chi connectivity index (χ4n) is 3.91. The summed E-state index contributed by atoms with van der Waals surface area (Å²) >= 11 is 0. The minimum absolute atomic E-state index is 0.163. The molecule has 2 heterocycles. The van der Waals surface area contributed by atoms with Gasteiger partial charge in [0.25, 0.3) is 0 Å². The van der Waals surface area contributed by atoms with Crippen LogP contribution >= 0.6 is 0 Å². The summed E-state index contributed by atoms with van der Waals surface area (Å²) < 4.78 is 37.8. The van der Waals surface area contributed by atoms with Crippen molar-refractivity contribution in [1.82, 2.24) is 4.90 Å². The van der Waals surface area contributed by atoms with Gasteiger partial charge < -0.3 is 10.6 Å². The second kappa shape index (κ2) is 5.29. The number of hydrogen-bond acceptors (Lipinski definition) is 2. The van der Waals surface area contributed by atoms with E-state index in [-0.39, 0.29) is 6.04 Å². The fourth-order valence-corrected chi connectivity index (χ4v) is 3.91. The summed E-state index contributed by atoms with van der Waals surface area (Å²) in [5.41, 5.74) is 6.53. The van der Waals surface area contributed by atoms with Crippen molar-refractivity contribution in [3.8, 4) is 0 Å².